The number of benzene rings is 1. The van der Waals surface area contributed by atoms with Crippen LogP contribution in [0.2, 0.25) is 5.02 Å². The van der Waals surface area contributed by atoms with Gasteiger partial charge in [-0.05, 0) is 18.4 Å². The smallest absolute Gasteiger partial charge is 0.144 e. The second-order valence-corrected chi connectivity index (χ2v) is 6.50. The third kappa shape index (κ3) is 2.59. The predicted octanol–water partition coefficient (Wildman–Crippen LogP) is 5.17. The van der Waals surface area contributed by atoms with Crippen molar-refractivity contribution >= 4 is 34.2 Å². The Hall–Kier alpha value is -0.800. The lowest BCUT2D eigenvalue weighted by atomic mass is 9.87. The Morgan fingerprint density at radius 2 is 2.00 bits per heavy atom. The Kier molecular flexibility index (Phi) is 3.80. The van der Waals surface area contributed by atoms with E-state index < -0.39 is 5.82 Å². The molecule has 0 amide bonds. The molecule has 19 heavy (non-hydrogen) atoms. The minimum atomic E-state index is -0.433. The fraction of sp³-hybridized carbons (Fsp3) is 0.500. The zero-order valence-corrected chi connectivity index (χ0v) is 13.0. The molecule has 0 N–H and O–H groups in total. The van der Waals surface area contributed by atoms with Crippen molar-refractivity contribution in [3.63, 3.8) is 0 Å². The van der Waals surface area contributed by atoms with Crippen molar-refractivity contribution < 1.29 is 4.39 Å². The number of halogens is 3. The van der Waals surface area contributed by atoms with Gasteiger partial charge in [0.25, 0.3) is 0 Å². The summed E-state index contributed by atoms with van der Waals surface area (Å²) in [7, 11) is 0. The van der Waals surface area contributed by atoms with Crippen LogP contribution >= 0.6 is 23.2 Å². The molecular formula is C14H17Cl2FN2. The number of rotatable bonds is 2. The summed E-state index contributed by atoms with van der Waals surface area (Å²) in [5.41, 5.74) is 1.43. The van der Waals surface area contributed by atoms with Crippen LogP contribution in [0.15, 0.2) is 12.1 Å². The van der Waals surface area contributed by atoms with Gasteiger partial charge in [-0.2, -0.15) is 0 Å². The third-order valence-corrected chi connectivity index (χ3v) is 4.09. The molecular weight excluding hydrogens is 286 g/mol. The molecule has 1 unspecified atom stereocenters. The van der Waals surface area contributed by atoms with Crippen molar-refractivity contribution in [3.8, 4) is 0 Å². The number of aromatic nitrogens is 2. The quantitative estimate of drug-likeness (QED) is 0.699. The van der Waals surface area contributed by atoms with E-state index in [0.717, 1.165) is 11.3 Å². The SMILES string of the molecule is CC(n1c(CCl)nc2cc(Cl)c(F)cc21)C(C)(C)C. The number of hydrogen-bond donors (Lipinski definition) is 0. The highest BCUT2D eigenvalue weighted by Crippen LogP contribution is 2.35. The summed E-state index contributed by atoms with van der Waals surface area (Å²) in [5.74, 6) is 0.590. The maximum atomic E-state index is 13.7. The summed E-state index contributed by atoms with van der Waals surface area (Å²) in [5, 5.41) is 0.0849. The van der Waals surface area contributed by atoms with E-state index in [9.17, 15) is 4.39 Å². The molecule has 0 aliphatic rings. The molecule has 2 aromatic rings. The van der Waals surface area contributed by atoms with Crippen LogP contribution in [0.4, 0.5) is 4.39 Å². The van der Waals surface area contributed by atoms with Crippen LogP contribution in [-0.2, 0) is 5.88 Å². The first-order valence-corrected chi connectivity index (χ1v) is 7.08. The summed E-state index contributed by atoms with van der Waals surface area (Å²) >= 11 is 11.8. The molecule has 0 aliphatic heterocycles. The van der Waals surface area contributed by atoms with E-state index in [-0.39, 0.29) is 22.4 Å². The van der Waals surface area contributed by atoms with Crippen molar-refractivity contribution in [3.05, 3.63) is 28.8 Å². The molecule has 5 heteroatoms. The lowest BCUT2D eigenvalue weighted by Crippen LogP contribution is -2.23. The summed E-state index contributed by atoms with van der Waals surface area (Å²) in [4.78, 5) is 4.45. The minimum Gasteiger partial charge on any atom is -0.324 e. The molecule has 104 valence electrons. The first kappa shape index (κ1) is 14.6. The fourth-order valence-electron chi connectivity index (χ4n) is 2.05. The van der Waals surface area contributed by atoms with Crippen LogP contribution < -0.4 is 0 Å². The first-order valence-electron chi connectivity index (χ1n) is 6.17. The van der Waals surface area contributed by atoms with E-state index in [1.54, 1.807) is 6.07 Å². The molecule has 1 heterocycles. The Morgan fingerprint density at radius 3 is 2.53 bits per heavy atom. The number of hydrogen-bond acceptors (Lipinski definition) is 1. The highest BCUT2D eigenvalue weighted by molar-refractivity contribution is 6.31. The average molecular weight is 303 g/mol. The predicted molar refractivity (Wildman–Crippen MR) is 78.4 cm³/mol. The molecule has 0 saturated heterocycles. The van der Waals surface area contributed by atoms with Crippen LogP contribution in [0.1, 0.15) is 39.6 Å². The molecule has 1 aromatic carbocycles. The second kappa shape index (κ2) is 4.95. The molecule has 0 fully saturated rings. The lowest BCUT2D eigenvalue weighted by Gasteiger charge is -2.30. The first-order chi connectivity index (χ1) is 8.75. The summed E-state index contributed by atoms with van der Waals surface area (Å²) in [6, 6.07) is 3.13. The molecule has 0 radical (unpaired) electrons. The highest BCUT2D eigenvalue weighted by Gasteiger charge is 2.26. The molecule has 0 spiro atoms. The maximum Gasteiger partial charge on any atom is 0.144 e. The average Bonchev–Trinajstić information content (AvgIpc) is 2.65. The molecule has 1 atom stereocenters. The second-order valence-electron chi connectivity index (χ2n) is 5.83. The van der Waals surface area contributed by atoms with Crippen molar-refractivity contribution in [2.45, 2.75) is 39.6 Å². The monoisotopic (exact) mass is 302 g/mol. The molecule has 2 rings (SSSR count). The number of alkyl halides is 1. The largest absolute Gasteiger partial charge is 0.324 e. The van der Waals surface area contributed by atoms with Gasteiger partial charge in [-0.3, -0.25) is 0 Å². The van der Waals surface area contributed by atoms with Gasteiger partial charge >= 0.3 is 0 Å². The Balaban J connectivity index is 2.74. The van der Waals surface area contributed by atoms with Crippen LogP contribution in [0.25, 0.3) is 11.0 Å². The van der Waals surface area contributed by atoms with Gasteiger partial charge in [0, 0.05) is 12.1 Å². The van der Waals surface area contributed by atoms with Gasteiger partial charge in [0.2, 0.25) is 0 Å². The van der Waals surface area contributed by atoms with Crippen LogP contribution in [0, 0.1) is 11.2 Å². The molecule has 1 aromatic heterocycles. The zero-order chi connectivity index (χ0) is 14.4. The van der Waals surface area contributed by atoms with E-state index in [1.807, 2.05) is 4.57 Å². The van der Waals surface area contributed by atoms with E-state index in [0.29, 0.717) is 5.52 Å². The van der Waals surface area contributed by atoms with Crippen molar-refractivity contribution in [2.24, 2.45) is 5.41 Å². The third-order valence-electron chi connectivity index (χ3n) is 3.56. The van der Waals surface area contributed by atoms with E-state index in [2.05, 4.69) is 32.7 Å². The molecule has 0 aliphatic carbocycles. The number of nitrogens with zero attached hydrogens (tertiary/aromatic N) is 2. The maximum absolute atomic E-state index is 13.7. The minimum absolute atomic E-state index is 0.0184. The van der Waals surface area contributed by atoms with Gasteiger partial charge in [-0.25, -0.2) is 9.37 Å². The van der Waals surface area contributed by atoms with Crippen LogP contribution in [-0.4, -0.2) is 9.55 Å². The van der Waals surface area contributed by atoms with Gasteiger partial charge in [-0.15, -0.1) is 11.6 Å². The van der Waals surface area contributed by atoms with Crippen LogP contribution in [0.3, 0.4) is 0 Å². The topological polar surface area (TPSA) is 17.8 Å². The van der Waals surface area contributed by atoms with E-state index >= 15 is 0 Å². The van der Waals surface area contributed by atoms with Crippen molar-refractivity contribution in [2.75, 3.05) is 0 Å². The molecule has 2 nitrogen and oxygen atoms in total. The summed E-state index contributed by atoms with van der Waals surface area (Å²) in [6.07, 6.45) is 0. The fourth-order valence-corrected chi connectivity index (χ4v) is 2.40. The van der Waals surface area contributed by atoms with Gasteiger partial charge in [0.05, 0.1) is 21.9 Å². The van der Waals surface area contributed by atoms with E-state index in [1.165, 1.54) is 6.07 Å². The van der Waals surface area contributed by atoms with Gasteiger partial charge in [0.1, 0.15) is 11.6 Å². The standard InChI is InChI=1S/C14H17Cl2FN2/c1-8(14(2,3)4)19-12-6-10(17)9(16)5-11(12)18-13(19)7-15/h5-6,8H,7H2,1-4H3. The Bertz CT molecular complexity index is 614. The highest BCUT2D eigenvalue weighted by atomic mass is 35.5. The normalized spacial score (nSPS) is 14.1. The summed E-state index contributed by atoms with van der Waals surface area (Å²) < 4.78 is 15.7. The Labute approximate surface area is 122 Å². The van der Waals surface area contributed by atoms with Gasteiger partial charge < -0.3 is 4.57 Å². The number of imidazole rings is 1. The summed E-state index contributed by atoms with van der Waals surface area (Å²) in [6.45, 7) is 8.49. The Morgan fingerprint density at radius 1 is 1.37 bits per heavy atom. The van der Waals surface area contributed by atoms with Crippen LogP contribution in [0.5, 0.6) is 0 Å². The zero-order valence-electron chi connectivity index (χ0n) is 11.5. The van der Waals surface area contributed by atoms with Crippen molar-refractivity contribution in [1.29, 1.82) is 0 Å². The van der Waals surface area contributed by atoms with Crippen molar-refractivity contribution in [1.82, 2.24) is 9.55 Å². The number of fused-ring (bicyclic) bond motifs is 1. The van der Waals surface area contributed by atoms with Gasteiger partial charge in [0.15, 0.2) is 0 Å². The molecule has 0 saturated carbocycles. The van der Waals surface area contributed by atoms with Gasteiger partial charge in [-0.1, -0.05) is 32.4 Å². The molecule has 0 bridgehead atoms. The lowest BCUT2D eigenvalue weighted by molar-refractivity contribution is 0.263. The van der Waals surface area contributed by atoms with E-state index in [4.69, 9.17) is 23.2 Å².